The first-order valence-electron chi connectivity index (χ1n) is 7.74. The second-order valence-corrected chi connectivity index (χ2v) is 5.76. The smallest absolute Gasteiger partial charge is 0.241 e. The summed E-state index contributed by atoms with van der Waals surface area (Å²) in [6.07, 6.45) is 5.95. The number of rotatable bonds is 1. The number of allylic oxidation sites excluding steroid dienone is 1. The molecule has 1 aliphatic carbocycles. The van der Waals surface area contributed by atoms with E-state index in [4.69, 9.17) is 0 Å². The standard InChI is InChI=1S/C19H16N2O2/c22-17-12-18(23)21(14-7-2-1-3-8-14)16-11-10-13-6-4-5-9-15(13)19(16)20-17/h1-3,5,7-11H,4,6,12H2,(H,20,22). The minimum absolute atomic E-state index is 0.151. The zero-order valence-electron chi connectivity index (χ0n) is 12.6. The van der Waals surface area contributed by atoms with E-state index in [-0.39, 0.29) is 18.2 Å². The molecule has 0 bridgehead atoms. The lowest BCUT2D eigenvalue weighted by molar-refractivity contribution is -0.124. The quantitative estimate of drug-likeness (QED) is 0.818. The molecule has 0 saturated heterocycles. The van der Waals surface area contributed by atoms with Crippen LogP contribution in [0.4, 0.5) is 17.1 Å². The van der Waals surface area contributed by atoms with E-state index in [1.165, 1.54) is 5.56 Å². The van der Waals surface area contributed by atoms with E-state index in [0.717, 1.165) is 35.5 Å². The van der Waals surface area contributed by atoms with Crippen LogP contribution in [0.1, 0.15) is 24.0 Å². The second kappa shape index (κ2) is 5.39. The maximum atomic E-state index is 12.6. The Morgan fingerprint density at radius 1 is 1.00 bits per heavy atom. The molecule has 2 aromatic carbocycles. The van der Waals surface area contributed by atoms with Crippen LogP contribution in [0.5, 0.6) is 0 Å². The summed E-state index contributed by atoms with van der Waals surface area (Å²) in [7, 11) is 0. The Balaban J connectivity index is 1.95. The van der Waals surface area contributed by atoms with E-state index in [0.29, 0.717) is 0 Å². The minimum Gasteiger partial charge on any atom is -0.323 e. The number of aryl methyl sites for hydroxylation is 1. The zero-order valence-corrected chi connectivity index (χ0v) is 12.6. The maximum Gasteiger partial charge on any atom is 0.241 e. The van der Waals surface area contributed by atoms with Crippen molar-refractivity contribution in [1.29, 1.82) is 0 Å². The van der Waals surface area contributed by atoms with Gasteiger partial charge in [0.2, 0.25) is 11.8 Å². The fraction of sp³-hybridized carbons (Fsp3) is 0.158. The molecular weight excluding hydrogens is 288 g/mol. The molecule has 0 atom stereocenters. The lowest BCUT2D eigenvalue weighted by Crippen LogP contribution is -2.26. The first-order chi connectivity index (χ1) is 11.2. The first-order valence-corrected chi connectivity index (χ1v) is 7.74. The Morgan fingerprint density at radius 3 is 2.65 bits per heavy atom. The van der Waals surface area contributed by atoms with Gasteiger partial charge in [-0.15, -0.1) is 0 Å². The molecule has 4 rings (SSSR count). The highest BCUT2D eigenvalue weighted by Gasteiger charge is 2.29. The SMILES string of the molecule is O=C1CC(=O)N(c2ccccc2)c2ccc3c(c2N1)C=CCC3. The largest absolute Gasteiger partial charge is 0.323 e. The molecule has 0 unspecified atom stereocenters. The number of hydrogen-bond donors (Lipinski definition) is 1. The number of nitrogens with zero attached hydrogens (tertiary/aromatic N) is 1. The number of carbonyl (C=O) groups is 2. The van der Waals surface area contributed by atoms with Crippen molar-refractivity contribution in [3.05, 3.63) is 59.7 Å². The molecule has 4 nitrogen and oxygen atoms in total. The lowest BCUT2D eigenvalue weighted by atomic mass is 9.94. The van der Waals surface area contributed by atoms with Gasteiger partial charge in [0.25, 0.3) is 0 Å². The lowest BCUT2D eigenvalue weighted by Gasteiger charge is -2.25. The minimum atomic E-state index is -0.262. The Bertz CT molecular complexity index is 825. The topological polar surface area (TPSA) is 49.4 Å². The van der Waals surface area contributed by atoms with E-state index in [9.17, 15) is 9.59 Å². The number of para-hydroxylation sites is 1. The predicted molar refractivity (Wildman–Crippen MR) is 90.6 cm³/mol. The summed E-state index contributed by atoms with van der Waals surface area (Å²) in [4.78, 5) is 26.4. The number of nitrogens with one attached hydrogen (secondary N) is 1. The van der Waals surface area contributed by atoms with Crippen LogP contribution in [0.15, 0.2) is 48.5 Å². The Hall–Kier alpha value is -2.88. The summed E-state index contributed by atoms with van der Waals surface area (Å²) in [5, 5.41) is 2.93. The molecule has 4 heteroatoms. The third-order valence-electron chi connectivity index (χ3n) is 4.26. The van der Waals surface area contributed by atoms with Crippen LogP contribution < -0.4 is 10.2 Å². The second-order valence-electron chi connectivity index (χ2n) is 5.76. The predicted octanol–water partition coefficient (Wildman–Crippen LogP) is 3.65. The van der Waals surface area contributed by atoms with Crippen LogP contribution in [0.3, 0.4) is 0 Å². The van der Waals surface area contributed by atoms with Gasteiger partial charge in [0.05, 0.1) is 11.4 Å². The molecule has 1 heterocycles. The summed E-state index contributed by atoms with van der Waals surface area (Å²) in [6, 6.07) is 13.4. The highest BCUT2D eigenvalue weighted by Crippen LogP contribution is 2.40. The molecule has 0 radical (unpaired) electrons. The van der Waals surface area contributed by atoms with Crippen LogP contribution in [-0.4, -0.2) is 11.8 Å². The molecule has 23 heavy (non-hydrogen) atoms. The van der Waals surface area contributed by atoms with E-state index in [1.807, 2.05) is 42.5 Å². The number of carbonyl (C=O) groups excluding carboxylic acids is 2. The zero-order chi connectivity index (χ0) is 15.8. The number of hydrogen-bond acceptors (Lipinski definition) is 2. The van der Waals surface area contributed by atoms with E-state index in [2.05, 4.69) is 17.5 Å². The number of anilines is 3. The van der Waals surface area contributed by atoms with Crippen LogP contribution >= 0.6 is 0 Å². The summed E-state index contributed by atoms with van der Waals surface area (Å²) in [5.74, 6) is -0.478. The molecule has 0 saturated carbocycles. The molecule has 1 N–H and O–H groups in total. The fourth-order valence-corrected chi connectivity index (χ4v) is 3.21. The normalized spacial score (nSPS) is 16.4. The van der Waals surface area contributed by atoms with Gasteiger partial charge in [-0.3, -0.25) is 14.5 Å². The molecule has 1 aliphatic heterocycles. The van der Waals surface area contributed by atoms with Crippen LogP contribution in [0, 0.1) is 0 Å². The molecule has 0 spiro atoms. The van der Waals surface area contributed by atoms with Crippen molar-refractivity contribution >= 4 is 35.0 Å². The van der Waals surface area contributed by atoms with Gasteiger partial charge in [0.1, 0.15) is 6.42 Å². The molecule has 2 aromatic rings. The molecule has 0 fully saturated rings. The fourth-order valence-electron chi connectivity index (χ4n) is 3.21. The van der Waals surface area contributed by atoms with E-state index in [1.54, 1.807) is 4.90 Å². The highest BCUT2D eigenvalue weighted by atomic mass is 16.2. The van der Waals surface area contributed by atoms with Crippen molar-refractivity contribution < 1.29 is 9.59 Å². The van der Waals surface area contributed by atoms with E-state index >= 15 is 0 Å². The van der Waals surface area contributed by atoms with Crippen molar-refractivity contribution in [3.63, 3.8) is 0 Å². The van der Waals surface area contributed by atoms with Crippen molar-refractivity contribution in [2.24, 2.45) is 0 Å². The van der Waals surface area contributed by atoms with Gasteiger partial charge in [-0.05, 0) is 36.6 Å². The Kier molecular flexibility index (Phi) is 3.23. The monoisotopic (exact) mass is 304 g/mol. The average molecular weight is 304 g/mol. The number of benzene rings is 2. The molecular formula is C19H16N2O2. The Morgan fingerprint density at radius 2 is 1.83 bits per heavy atom. The van der Waals surface area contributed by atoms with Gasteiger partial charge in [-0.1, -0.05) is 36.4 Å². The van der Waals surface area contributed by atoms with Crippen molar-refractivity contribution in [2.45, 2.75) is 19.3 Å². The highest BCUT2D eigenvalue weighted by molar-refractivity contribution is 6.18. The van der Waals surface area contributed by atoms with Crippen LogP contribution in [0.2, 0.25) is 0 Å². The maximum absolute atomic E-state index is 12.6. The number of fused-ring (bicyclic) bond motifs is 3. The summed E-state index contributed by atoms with van der Waals surface area (Å²) in [6.45, 7) is 0. The van der Waals surface area contributed by atoms with Gasteiger partial charge in [0, 0.05) is 11.3 Å². The average Bonchev–Trinajstić information content (AvgIpc) is 2.70. The molecule has 2 aliphatic rings. The van der Waals surface area contributed by atoms with Crippen molar-refractivity contribution in [3.8, 4) is 0 Å². The summed E-state index contributed by atoms with van der Waals surface area (Å²) < 4.78 is 0. The summed E-state index contributed by atoms with van der Waals surface area (Å²) in [5.41, 5.74) is 4.46. The molecule has 2 amide bonds. The van der Waals surface area contributed by atoms with E-state index < -0.39 is 0 Å². The molecule has 114 valence electrons. The Labute approximate surface area is 134 Å². The summed E-state index contributed by atoms with van der Waals surface area (Å²) >= 11 is 0. The third kappa shape index (κ3) is 2.32. The van der Waals surface area contributed by atoms with Crippen molar-refractivity contribution in [1.82, 2.24) is 0 Å². The molecule has 0 aromatic heterocycles. The van der Waals surface area contributed by atoms with Crippen LogP contribution in [-0.2, 0) is 16.0 Å². The van der Waals surface area contributed by atoms with Gasteiger partial charge >= 0.3 is 0 Å². The van der Waals surface area contributed by atoms with Gasteiger partial charge in [0.15, 0.2) is 0 Å². The first kappa shape index (κ1) is 13.8. The van der Waals surface area contributed by atoms with Crippen molar-refractivity contribution in [2.75, 3.05) is 10.2 Å². The van der Waals surface area contributed by atoms with Gasteiger partial charge in [-0.2, -0.15) is 0 Å². The van der Waals surface area contributed by atoms with Crippen LogP contribution in [0.25, 0.3) is 6.08 Å². The van der Waals surface area contributed by atoms with Gasteiger partial charge < -0.3 is 5.32 Å². The third-order valence-corrected chi connectivity index (χ3v) is 4.26. The number of amides is 2. The van der Waals surface area contributed by atoms with Gasteiger partial charge in [-0.25, -0.2) is 0 Å².